The van der Waals surface area contributed by atoms with Gasteiger partial charge in [-0.05, 0) is 23.8 Å². The van der Waals surface area contributed by atoms with Gasteiger partial charge >= 0.3 is 0 Å². The molecule has 0 bridgehead atoms. The maximum atomic E-state index is 12.3. The van der Waals surface area contributed by atoms with Crippen LogP contribution < -0.4 is 9.47 Å². The summed E-state index contributed by atoms with van der Waals surface area (Å²) in [7, 11) is 4.89. The quantitative estimate of drug-likeness (QED) is 0.837. The number of rotatable bonds is 5. The van der Waals surface area contributed by atoms with E-state index in [2.05, 4.69) is 6.92 Å². The highest BCUT2D eigenvalue weighted by atomic mass is 16.5. The number of ether oxygens (including phenoxy) is 3. The van der Waals surface area contributed by atoms with Gasteiger partial charge in [-0.15, -0.1) is 0 Å². The van der Waals surface area contributed by atoms with Gasteiger partial charge in [0.25, 0.3) is 0 Å². The van der Waals surface area contributed by atoms with Crippen LogP contribution in [-0.2, 0) is 21.6 Å². The Hall–Kier alpha value is -1.81. The van der Waals surface area contributed by atoms with Crippen molar-refractivity contribution >= 4 is 5.78 Å². The molecule has 0 aliphatic heterocycles. The maximum Gasteiger partial charge on any atom is 0.164 e. The molecule has 1 unspecified atom stereocenters. The number of allylic oxidation sites excluding steroid dienone is 2. The first-order valence-corrected chi connectivity index (χ1v) is 7.29. The van der Waals surface area contributed by atoms with Crippen LogP contribution in [0, 0.1) is 5.41 Å². The van der Waals surface area contributed by atoms with Crippen molar-refractivity contribution in [3.05, 3.63) is 35.4 Å². The summed E-state index contributed by atoms with van der Waals surface area (Å²) < 4.78 is 16.3. The van der Waals surface area contributed by atoms with Gasteiger partial charge in [-0.3, -0.25) is 4.79 Å². The number of hydrogen-bond donors (Lipinski definition) is 0. The number of carbonyl (C=O) groups excluding carboxylic acids is 1. The molecule has 0 N–H and O–H groups in total. The van der Waals surface area contributed by atoms with Gasteiger partial charge in [0.1, 0.15) is 0 Å². The van der Waals surface area contributed by atoms with Gasteiger partial charge in [-0.1, -0.05) is 26.8 Å². The van der Waals surface area contributed by atoms with Crippen molar-refractivity contribution < 1.29 is 19.0 Å². The minimum absolute atomic E-state index is 0.119. The van der Waals surface area contributed by atoms with Crippen molar-refractivity contribution in [2.75, 3.05) is 21.3 Å². The molecule has 0 saturated heterocycles. The van der Waals surface area contributed by atoms with E-state index in [0.717, 1.165) is 11.1 Å². The number of ketones is 1. The van der Waals surface area contributed by atoms with Crippen molar-refractivity contribution in [1.82, 2.24) is 0 Å². The fraction of sp³-hybridized carbons (Fsp3) is 0.500. The Labute approximate surface area is 132 Å². The van der Waals surface area contributed by atoms with Crippen molar-refractivity contribution in [2.45, 2.75) is 32.8 Å². The Kier molecular flexibility index (Phi) is 4.34. The Bertz CT molecular complexity index is 616. The predicted octanol–water partition coefficient (Wildman–Crippen LogP) is 3.27. The van der Waals surface area contributed by atoms with Gasteiger partial charge in [0, 0.05) is 23.5 Å². The molecule has 4 heteroatoms. The lowest BCUT2D eigenvalue weighted by atomic mass is 9.64. The summed E-state index contributed by atoms with van der Waals surface area (Å²) in [6.07, 6.45) is 3.62. The van der Waals surface area contributed by atoms with Crippen molar-refractivity contribution in [2.24, 2.45) is 5.41 Å². The van der Waals surface area contributed by atoms with Crippen LogP contribution in [0.5, 0.6) is 11.5 Å². The van der Waals surface area contributed by atoms with Gasteiger partial charge in [-0.25, -0.2) is 0 Å². The SMILES string of the molecule is COCc1cc(OC)c(OC)c(C2(C)C=CC(=O)C2(C)C)c1. The average molecular weight is 304 g/mol. The third kappa shape index (κ3) is 2.31. The summed E-state index contributed by atoms with van der Waals surface area (Å²) in [5.74, 6) is 1.43. The van der Waals surface area contributed by atoms with Crippen LogP contribution in [-0.4, -0.2) is 27.1 Å². The summed E-state index contributed by atoms with van der Waals surface area (Å²) in [6, 6.07) is 3.94. The molecule has 1 aliphatic carbocycles. The normalized spacial score (nSPS) is 22.9. The summed E-state index contributed by atoms with van der Waals surface area (Å²) in [6.45, 7) is 6.46. The van der Waals surface area contributed by atoms with Gasteiger partial charge in [0.15, 0.2) is 17.3 Å². The zero-order valence-electron chi connectivity index (χ0n) is 14.1. The van der Waals surface area contributed by atoms with Crippen LogP contribution in [0.2, 0.25) is 0 Å². The largest absolute Gasteiger partial charge is 0.493 e. The molecule has 1 aromatic carbocycles. The fourth-order valence-corrected chi connectivity index (χ4v) is 3.00. The number of carbonyl (C=O) groups is 1. The third-order valence-corrected chi connectivity index (χ3v) is 4.89. The zero-order chi connectivity index (χ0) is 16.5. The van der Waals surface area contributed by atoms with Crippen LogP contribution in [0.3, 0.4) is 0 Å². The third-order valence-electron chi connectivity index (χ3n) is 4.89. The highest BCUT2D eigenvalue weighted by Gasteiger charge is 2.50. The number of hydrogen-bond acceptors (Lipinski definition) is 4. The van der Waals surface area contributed by atoms with Crippen molar-refractivity contribution in [1.29, 1.82) is 0 Å². The lowest BCUT2D eigenvalue weighted by Gasteiger charge is -2.38. The number of methoxy groups -OCH3 is 3. The predicted molar refractivity (Wildman–Crippen MR) is 85.5 cm³/mol. The molecule has 0 aromatic heterocycles. The summed E-state index contributed by atoms with van der Waals surface area (Å²) in [4.78, 5) is 12.3. The first-order valence-electron chi connectivity index (χ1n) is 7.29. The van der Waals surface area contributed by atoms with E-state index in [4.69, 9.17) is 14.2 Å². The molecule has 4 nitrogen and oxygen atoms in total. The molecular formula is C18H24O4. The van der Waals surface area contributed by atoms with Crippen molar-refractivity contribution in [3.8, 4) is 11.5 Å². The van der Waals surface area contributed by atoms with Crippen LogP contribution in [0.1, 0.15) is 31.9 Å². The Morgan fingerprint density at radius 2 is 1.73 bits per heavy atom. The van der Waals surface area contributed by atoms with E-state index in [1.165, 1.54) is 0 Å². The monoisotopic (exact) mass is 304 g/mol. The van der Waals surface area contributed by atoms with Crippen LogP contribution in [0.25, 0.3) is 0 Å². The van der Waals surface area contributed by atoms with E-state index in [1.807, 2.05) is 32.1 Å². The van der Waals surface area contributed by atoms with Gasteiger partial charge in [0.2, 0.25) is 0 Å². The summed E-state index contributed by atoms with van der Waals surface area (Å²) in [5, 5.41) is 0. The van der Waals surface area contributed by atoms with Gasteiger partial charge in [-0.2, -0.15) is 0 Å². The second-order valence-electron chi connectivity index (χ2n) is 6.34. The molecule has 0 spiro atoms. The molecule has 0 radical (unpaired) electrons. The fourth-order valence-electron chi connectivity index (χ4n) is 3.00. The molecule has 0 heterocycles. The molecule has 1 aromatic rings. The zero-order valence-corrected chi connectivity index (χ0v) is 14.1. The summed E-state index contributed by atoms with van der Waals surface area (Å²) in [5.41, 5.74) is 0.914. The van der Waals surface area contributed by atoms with E-state index in [9.17, 15) is 4.79 Å². The molecule has 120 valence electrons. The molecule has 0 fully saturated rings. The van der Waals surface area contributed by atoms with Crippen LogP contribution in [0.15, 0.2) is 24.3 Å². The Morgan fingerprint density at radius 3 is 2.18 bits per heavy atom. The lowest BCUT2D eigenvalue weighted by molar-refractivity contribution is -0.123. The molecule has 0 saturated carbocycles. The topological polar surface area (TPSA) is 44.8 Å². The van der Waals surface area contributed by atoms with Crippen molar-refractivity contribution in [3.63, 3.8) is 0 Å². The standard InChI is InChI=1S/C18H24O4/c1-17(2)15(19)7-8-18(17,3)13-9-12(11-20-4)10-14(21-5)16(13)22-6/h7-10H,11H2,1-6H3. The Balaban J connectivity index is 2.70. The second kappa shape index (κ2) is 5.76. The van der Waals surface area contributed by atoms with E-state index >= 15 is 0 Å². The molecule has 1 aliphatic rings. The van der Waals surface area contributed by atoms with E-state index in [-0.39, 0.29) is 5.78 Å². The minimum Gasteiger partial charge on any atom is -0.493 e. The molecule has 2 rings (SSSR count). The first-order chi connectivity index (χ1) is 10.3. The second-order valence-corrected chi connectivity index (χ2v) is 6.34. The molecule has 1 atom stereocenters. The summed E-state index contributed by atoms with van der Waals surface area (Å²) >= 11 is 0. The minimum atomic E-state index is -0.545. The van der Waals surface area contributed by atoms with E-state index in [1.54, 1.807) is 27.4 Å². The highest BCUT2D eigenvalue weighted by Crippen LogP contribution is 2.52. The highest BCUT2D eigenvalue weighted by molar-refractivity contribution is 5.99. The molecular weight excluding hydrogens is 280 g/mol. The average Bonchev–Trinajstić information content (AvgIpc) is 2.70. The van der Waals surface area contributed by atoms with Crippen LogP contribution >= 0.6 is 0 Å². The van der Waals surface area contributed by atoms with Crippen LogP contribution in [0.4, 0.5) is 0 Å². The molecule has 22 heavy (non-hydrogen) atoms. The maximum absolute atomic E-state index is 12.3. The smallest absolute Gasteiger partial charge is 0.164 e. The lowest BCUT2D eigenvalue weighted by Crippen LogP contribution is -2.39. The van der Waals surface area contributed by atoms with Gasteiger partial charge in [0.05, 0.1) is 20.8 Å². The van der Waals surface area contributed by atoms with E-state index in [0.29, 0.717) is 18.1 Å². The number of benzene rings is 1. The van der Waals surface area contributed by atoms with Gasteiger partial charge < -0.3 is 14.2 Å². The first kappa shape index (κ1) is 16.6. The van der Waals surface area contributed by atoms with E-state index < -0.39 is 10.8 Å². The molecule has 0 amide bonds. The Morgan fingerprint density at radius 1 is 1.05 bits per heavy atom.